The number of carbonyl (C=O) groups is 2. The maximum Gasteiger partial charge on any atom is 0.253 e. The van der Waals surface area contributed by atoms with Gasteiger partial charge in [0.05, 0.1) is 25.0 Å². The van der Waals surface area contributed by atoms with Crippen LogP contribution in [0.1, 0.15) is 30.6 Å². The Balaban J connectivity index is 2.49. The van der Waals surface area contributed by atoms with Gasteiger partial charge in [-0.2, -0.15) is 0 Å². The molecule has 1 unspecified atom stereocenters. The van der Waals surface area contributed by atoms with Gasteiger partial charge in [0, 0.05) is 5.02 Å². The number of halogens is 2. The van der Waals surface area contributed by atoms with Crippen LogP contribution in [0.4, 0.5) is 0 Å². The first-order valence-corrected chi connectivity index (χ1v) is 7.33. The number of hydrogen-bond acceptors (Lipinski definition) is 2. The quantitative estimate of drug-likeness (QED) is 0.788. The molecule has 0 heterocycles. The SMILES string of the molecule is [B]C(CC(C)C)NC(=O)CNC(=O)c1cc(Cl)ccc1Cl. The smallest absolute Gasteiger partial charge is 0.253 e. The van der Waals surface area contributed by atoms with Crippen molar-refractivity contribution in [2.45, 2.75) is 26.2 Å². The number of hydrogen-bond donors (Lipinski definition) is 2. The van der Waals surface area contributed by atoms with Gasteiger partial charge in [-0.15, -0.1) is 0 Å². The Hall–Kier alpha value is -1.20. The van der Waals surface area contributed by atoms with Gasteiger partial charge in [-0.05, 0) is 36.5 Å². The first-order chi connectivity index (χ1) is 9.79. The van der Waals surface area contributed by atoms with Crippen molar-refractivity contribution < 1.29 is 9.59 Å². The predicted octanol–water partition coefficient (Wildman–Crippen LogP) is 2.38. The zero-order chi connectivity index (χ0) is 16.0. The highest BCUT2D eigenvalue weighted by Gasteiger charge is 2.13. The Morgan fingerprint density at radius 1 is 1.29 bits per heavy atom. The standard InChI is InChI=1S/C14H17BCl2N2O2/c1-8(2)5-12(15)19-13(20)7-18-14(21)10-6-9(16)3-4-11(10)17/h3-4,6,8,12H,5,7H2,1-2H3,(H,18,21)(H,19,20). The second kappa shape index (κ2) is 8.30. The lowest BCUT2D eigenvalue weighted by atomic mass is 9.88. The molecule has 2 amide bonds. The number of benzene rings is 1. The topological polar surface area (TPSA) is 58.2 Å². The van der Waals surface area contributed by atoms with E-state index in [0.717, 1.165) is 0 Å². The molecule has 2 N–H and O–H groups in total. The van der Waals surface area contributed by atoms with Gasteiger partial charge in [0.25, 0.3) is 5.91 Å². The molecule has 21 heavy (non-hydrogen) atoms. The van der Waals surface area contributed by atoms with E-state index in [4.69, 9.17) is 31.0 Å². The van der Waals surface area contributed by atoms with Crippen molar-refractivity contribution in [3.05, 3.63) is 33.8 Å². The minimum atomic E-state index is -0.463. The third-order valence-corrected chi connectivity index (χ3v) is 3.22. The van der Waals surface area contributed by atoms with Crippen LogP contribution in [0.2, 0.25) is 10.0 Å². The maximum atomic E-state index is 11.9. The maximum absolute atomic E-state index is 11.9. The van der Waals surface area contributed by atoms with Crippen LogP contribution < -0.4 is 10.6 Å². The van der Waals surface area contributed by atoms with Gasteiger partial charge in [0.15, 0.2) is 0 Å². The van der Waals surface area contributed by atoms with E-state index in [0.29, 0.717) is 17.4 Å². The molecule has 1 rings (SSSR count). The van der Waals surface area contributed by atoms with Gasteiger partial charge in [0.2, 0.25) is 5.91 Å². The zero-order valence-electron chi connectivity index (χ0n) is 12.0. The Bertz CT molecular complexity index is 524. The van der Waals surface area contributed by atoms with Crippen LogP contribution in [0, 0.1) is 5.92 Å². The minimum absolute atomic E-state index is 0.173. The van der Waals surface area contributed by atoms with Crippen LogP contribution in [0.25, 0.3) is 0 Å². The predicted molar refractivity (Wildman–Crippen MR) is 85.9 cm³/mol. The highest BCUT2D eigenvalue weighted by Crippen LogP contribution is 2.20. The molecule has 7 heteroatoms. The van der Waals surface area contributed by atoms with E-state index in [2.05, 4.69) is 10.6 Å². The van der Waals surface area contributed by atoms with Crippen LogP contribution in [-0.4, -0.2) is 32.1 Å². The fraction of sp³-hybridized carbons (Fsp3) is 0.429. The zero-order valence-corrected chi connectivity index (χ0v) is 13.5. The monoisotopic (exact) mass is 326 g/mol. The van der Waals surface area contributed by atoms with E-state index in [1.807, 2.05) is 13.8 Å². The van der Waals surface area contributed by atoms with E-state index in [-0.39, 0.29) is 23.0 Å². The summed E-state index contributed by atoms with van der Waals surface area (Å²) in [6, 6.07) is 4.55. The molecule has 0 aliphatic rings. The Kier molecular flexibility index (Phi) is 7.05. The van der Waals surface area contributed by atoms with Gasteiger partial charge in [-0.1, -0.05) is 37.0 Å². The Morgan fingerprint density at radius 3 is 2.57 bits per heavy atom. The van der Waals surface area contributed by atoms with E-state index in [9.17, 15) is 9.59 Å². The summed E-state index contributed by atoms with van der Waals surface area (Å²) in [6.45, 7) is 3.84. The first kappa shape index (κ1) is 17.9. The first-order valence-electron chi connectivity index (χ1n) is 6.57. The van der Waals surface area contributed by atoms with Crippen molar-refractivity contribution in [2.75, 3.05) is 6.54 Å². The van der Waals surface area contributed by atoms with Crippen molar-refractivity contribution in [3.8, 4) is 0 Å². The average Bonchev–Trinajstić information content (AvgIpc) is 2.37. The summed E-state index contributed by atoms with van der Waals surface area (Å²) in [5.41, 5.74) is 0.225. The molecule has 112 valence electrons. The Labute approximate surface area is 136 Å². The molecule has 0 saturated heterocycles. The molecule has 0 saturated carbocycles. The minimum Gasteiger partial charge on any atom is -0.361 e. The fourth-order valence-electron chi connectivity index (χ4n) is 1.75. The van der Waals surface area contributed by atoms with Gasteiger partial charge >= 0.3 is 0 Å². The van der Waals surface area contributed by atoms with Gasteiger partial charge in [0.1, 0.15) is 0 Å². The molecule has 0 fully saturated rings. The molecule has 0 spiro atoms. The third kappa shape index (κ3) is 6.40. The second-order valence-corrected chi connectivity index (χ2v) is 5.95. The van der Waals surface area contributed by atoms with Crippen molar-refractivity contribution in [1.29, 1.82) is 0 Å². The lowest BCUT2D eigenvalue weighted by Gasteiger charge is -2.16. The molecule has 1 aromatic carbocycles. The molecular weight excluding hydrogens is 310 g/mol. The van der Waals surface area contributed by atoms with Crippen molar-refractivity contribution in [3.63, 3.8) is 0 Å². The van der Waals surface area contributed by atoms with Crippen molar-refractivity contribution in [2.24, 2.45) is 5.92 Å². The second-order valence-electron chi connectivity index (χ2n) is 5.11. The van der Waals surface area contributed by atoms with E-state index >= 15 is 0 Å². The van der Waals surface area contributed by atoms with Crippen LogP contribution in [-0.2, 0) is 4.79 Å². The van der Waals surface area contributed by atoms with Gasteiger partial charge in [-0.25, -0.2) is 0 Å². The molecule has 1 atom stereocenters. The van der Waals surface area contributed by atoms with Crippen LogP contribution in [0.3, 0.4) is 0 Å². The molecular formula is C14H17BCl2N2O2. The van der Waals surface area contributed by atoms with Crippen LogP contribution in [0.5, 0.6) is 0 Å². The lowest BCUT2D eigenvalue weighted by Crippen LogP contribution is -2.42. The number of nitrogens with one attached hydrogen (secondary N) is 2. The van der Waals surface area contributed by atoms with Crippen LogP contribution in [0.15, 0.2) is 18.2 Å². The van der Waals surface area contributed by atoms with E-state index in [1.54, 1.807) is 6.07 Å². The highest BCUT2D eigenvalue weighted by molar-refractivity contribution is 6.35. The van der Waals surface area contributed by atoms with E-state index < -0.39 is 11.8 Å². The van der Waals surface area contributed by atoms with Crippen molar-refractivity contribution in [1.82, 2.24) is 10.6 Å². The largest absolute Gasteiger partial charge is 0.361 e. The summed E-state index contributed by atoms with van der Waals surface area (Å²) in [7, 11) is 5.75. The fourth-order valence-corrected chi connectivity index (χ4v) is 2.13. The molecule has 0 aromatic heterocycles. The summed E-state index contributed by atoms with van der Waals surface area (Å²) in [5, 5.41) is 5.75. The molecule has 0 aliphatic heterocycles. The van der Waals surface area contributed by atoms with Gasteiger partial charge in [-0.3, -0.25) is 9.59 Å². The molecule has 2 radical (unpaired) electrons. The number of rotatable bonds is 6. The molecule has 1 aromatic rings. The number of carbonyl (C=O) groups excluding carboxylic acids is 2. The number of amides is 2. The van der Waals surface area contributed by atoms with Crippen molar-refractivity contribution >= 4 is 42.9 Å². The molecule has 0 aliphatic carbocycles. The van der Waals surface area contributed by atoms with Crippen LogP contribution >= 0.6 is 23.2 Å². The normalized spacial score (nSPS) is 12.0. The molecule has 4 nitrogen and oxygen atoms in total. The summed E-state index contributed by atoms with van der Waals surface area (Å²) >= 11 is 11.7. The lowest BCUT2D eigenvalue weighted by molar-refractivity contribution is -0.120. The average molecular weight is 327 g/mol. The Morgan fingerprint density at radius 2 is 1.95 bits per heavy atom. The molecule has 0 bridgehead atoms. The summed E-state index contributed by atoms with van der Waals surface area (Å²) in [4.78, 5) is 23.6. The summed E-state index contributed by atoms with van der Waals surface area (Å²) in [5.74, 6) is -0.867. The van der Waals surface area contributed by atoms with E-state index in [1.165, 1.54) is 12.1 Å². The third-order valence-electron chi connectivity index (χ3n) is 2.65. The highest BCUT2D eigenvalue weighted by atomic mass is 35.5. The summed E-state index contributed by atoms with van der Waals surface area (Å²) in [6.07, 6.45) is 0.666. The van der Waals surface area contributed by atoms with Gasteiger partial charge < -0.3 is 10.6 Å². The summed E-state index contributed by atoms with van der Waals surface area (Å²) < 4.78 is 0.